The van der Waals surface area contributed by atoms with E-state index in [9.17, 15) is 5.11 Å². The van der Waals surface area contributed by atoms with Crippen LogP contribution in [0.2, 0.25) is 0 Å². The number of benzene rings is 1. The standard InChI is InChI=1S/C15H24O3/c1-7-15(4,18-6)14(16)12-8-11(3)13(17-5)9-10(12)2/h8-9,14,16H,7H2,1-6H3. The molecule has 0 bridgehead atoms. The Morgan fingerprint density at radius 2 is 1.83 bits per heavy atom. The first-order valence-corrected chi connectivity index (χ1v) is 6.28. The molecule has 1 rings (SSSR count). The third-order valence-electron chi connectivity index (χ3n) is 3.82. The first-order valence-electron chi connectivity index (χ1n) is 6.28. The van der Waals surface area contributed by atoms with Crippen LogP contribution in [0.1, 0.15) is 43.1 Å². The van der Waals surface area contributed by atoms with E-state index in [0.717, 1.165) is 28.9 Å². The number of hydrogen-bond donors (Lipinski definition) is 1. The second-order valence-electron chi connectivity index (χ2n) is 4.95. The number of aliphatic hydroxyl groups excluding tert-OH is 1. The van der Waals surface area contributed by atoms with Crippen LogP contribution in [0.4, 0.5) is 0 Å². The fourth-order valence-electron chi connectivity index (χ4n) is 2.10. The lowest BCUT2D eigenvalue weighted by atomic mass is 9.87. The molecule has 2 unspecified atom stereocenters. The Hall–Kier alpha value is -1.06. The van der Waals surface area contributed by atoms with Gasteiger partial charge in [-0.3, -0.25) is 0 Å². The Labute approximate surface area is 110 Å². The van der Waals surface area contributed by atoms with Crippen LogP contribution in [0.3, 0.4) is 0 Å². The van der Waals surface area contributed by atoms with E-state index >= 15 is 0 Å². The molecule has 18 heavy (non-hydrogen) atoms. The highest BCUT2D eigenvalue weighted by atomic mass is 16.5. The van der Waals surface area contributed by atoms with Gasteiger partial charge in [-0.2, -0.15) is 0 Å². The Kier molecular flexibility index (Phi) is 4.77. The molecular formula is C15H24O3. The third kappa shape index (κ3) is 2.68. The quantitative estimate of drug-likeness (QED) is 0.875. The van der Waals surface area contributed by atoms with E-state index in [-0.39, 0.29) is 0 Å². The lowest BCUT2D eigenvalue weighted by Gasteiger charge is -2.33. The molecule has 1 aromatic carbocycles. The maximum Gasteiger partial charge on any atom is 0.122 e. The van der Waals surface area contributed by atoms with Gasteiger partial charge in [0.05, 0.1) is 12.7 Å². The van der Waals surface area contributed by atoms with Gasteiger partial charge in [-0.25, -0.2) is 0 Å². The first-order chi connectivity index (χ1) is 8.39. The number of methoxy groups -OCH3 is 2. The zero-order valence-corrected chi connectivity index (χ0v) is 12.2. The van der Waals surface area contributed by atoms with Crippen molar-refractivity contribution in [1.82, 2.24) is 0 Å². The van der Waals surface area contributed by atoms with Crippen molar-refractivity contribution in [2.75, 3.05) is 14.2 Å². The van der Waals surface area contributed by atoms with Crippen molar-refractivity contribution < 1.29 is 14.6 Å². The summed E-state index contributed by atoms with van der Waals surface area (Å²) in [4.78, 5) is 0. The first kappa shape index (κ1) is 15.0. The molecule has 1 N–H and O–H groups in total. The molecule has 102 valence electrons. The van der Waals surface area contributed by atoms with Crippen LogP contribution in [0.5, 0.6) is 5.75 Å². The Bertz CT molecular complexity index is 408. The minimum absolute atomic E-state index is 0.564. The van der Waals surface area contributed by atoms with Crippen molar-refractivity contribution in [3.63, 3.8) is 0 Å². The van der Waals surface area contributed by atoms with Gasteiger partial charge in [0.1, 0.15) is 11.9 Å². The fourth-order valence-corrected chi connectivity index (χ4v) is 2.10. The third-order valence-corrected chi connectivity index (χ3v) is 3.82. The molecule has 0 saturated heterocycles. The number of rotatable bonds is 5. The normalized spacial score (nSPS) is 16.2. The van der Waals surface area contributed by atoms with Gasteiger partial charge in [-0.15, -0.1) is 0 Å². The van der Waals surface area contributed by atoms with E-state index in [1.54, 1.807) is 14.2 Å². The molecule has 0 aliphatic rings. The molecule has 0 saturated carbocycles. The molecule has 0 fully saturated rings. The summed E-state index contributed by atoms with van der Waals surface area (Å²) in [6, 6.07) is 3.94. The van der Waals surface area contributed by atoms with Crippen LogP contribution in [-0.2, 0) is 4.74 Å². The number of aliphatic hydroxyl groups is 1. The second kappa shape index (κ2) is 5.72. The average Bonchev–Trinajstić information content (AvgIpc) is 2.39. The van der Waals surface area contributed by atoms with E-state index in [2.05, 4.69) is 0 Å². The zero-order chi connectivity index (χ0) is 13.9. The molecule has 0 heterocycles. The van der Waals surface area contributed by atoms with Gasteiger partial charge >= 0.3 is 0 Å². The molecule has 2 atom stereocenters. The Morgan fingerprint density at radius 3 is 2.28 bits per heavy atom. The zero-order valence-electron chi connectivity index (χ0n) is 12.2. The molecule has 0 aliphatic heterocycles. The van der Waals surface area contributed by atoms with Crippen molar-refractivity contribution in [1.29, 1.82) is 0 Å². The van der Waals surface area contributed by atoms with Crippen LogP contribution >= 0.6 is 0 Å². The summed E-state index contributed by atoms with van der Waals surface area (Å²) < 4.78 is 10.8. The summed E-state index contributed by atoms with van der Waals surface area (Å²) in [5.74, 6) is 0.846. The van der Waals surface area contributed by atoms with Crippen LogP contribution < -0.4 is 4.74 Å². The highest BCUT2D eigenvalue weighted by Gasteiger charge is 2.33. The van der Waals surface area contributed by atoms with Crippen molar-refractivity contribution >= 4 is 0 Å². The van der Waals surface area contributed by atoms with Crippen molar-refractivity contribution in [3.05, 3.63) is 28.8 Å². The summed E-state index contributed by atoms with van der Waals surface area (Å²) in [6.07, 6.45) is 0.104. The second-order valence-corrected chi connectivity index (χ2v) is 4.95. The minimum Gasteiger partial charge on any atom is -0.496 e. The molecule has 0 radical (unpaired) electrons. The van der Waals surface area contributed by atoms with E-state index in [4.69, 9.17) is 9.47 Å². The van der Waals surface area contributed by atoms with Gasteiger partial charge < -0.3 is 14.6 Å². The predicted octanol–water partition coefficient (Wildman–Crippen LogP) is 3.16. The summed E-state index contributed by atoms with van der Waals surface area (Å²) in [5, 5.41) is 10.5. The molecule has 3 nitrogen and oxygen atoms in total. The molecule has 0 aromatic heterocycles. The number of hydrogen-bond acceptors (Lipinski definition) is 3. The lowest BCUT2D eigenvalue weighted by molar-refractivity contribution is -0.0946. The minimum atomic E-state index is -0.642. The van der Waals surface area contributed by atoms with Gasteiger partial charge in [-0.1, -0.05) is 6.92 Å². The topological polar surface area (TPSA) is 38.7 Å². The van der Waals surface area contributed by atoms with Crippen molar-refractivity contribution in [2.45, 2.75) is 45.8 Å². The van der Waals surface area contributed by atoms with Crippen LogP contribution in [0.25, 0.3) is 0 Å². The lowest BCUT2D eigenvalue weighted by Crippen LogP contribution is -2.34. The highest BCUT2D eigenvalue weighted by molar-refractivity contribution is 5.43. The molecule has 3 heteroatoms. The van der Waals surface area contributed by atoms with E-state index < -0.39 is 11.7 Å². The van der Waals surface area contributed by atoms with Gasteiger partial charge in [0.25, 0.3) is 0 Å². The monoisotopic (exact) mass is 252 g/mol. The molecule has 0 spiro atoms. The Balaban J connectivity index is 3.21. The van der Waals surface area contributed by atoms with E-state index in [1.165, 1.54) is 0 Å². The van der Waals surface area contributed by atoms with Crippen molar-refractivity contribution in [3.8, 4) is 5.75 Å². The van der Waals surface area contributed by atoms with Crippen molar-refractivity contribution in [2.24, 2.45) is 0 Å². The largest absolute Gasteiger partial charge is 0.496 e. The van der Waals surface area contributed by atoms with Gasteiger partial charge in [0.15, 0.2) is 0 Å². The number of ether oxygens (including phenoxy) is 2. The van der Waals surface area contributed by atoms with Crippen LogP contribution in [0, 0.1) is 13.8 Å². The van der Waals surface area contributed by atoms with Crippen LogP contribution in [0.15, 0.2) is 12.1 Å². The highest BCUT2D eigenvalue weighted by Crippen LogP contribution is 2.35. The fraction of sp³-hybridized carbons (Fsp3) is 0.600. The predicted molar refractivity (Wildman–Crippen MR) is 73.1 cm³/mol. The summed E-state index contributed by atoms with van der Waals surface area (Å²) in [6.45, 7) is 7.89. The van der Waals surface area contributed by atoms with Gasteiger partial charge in [0, 0.05) is 7.11 Å². The molecule has 0 amide bonds. The van der Waals surface area contributed by atoms with Gasteiger partial charge in [0.2, 0.25) is 0 Å². The number of aryl methyl sites for hydroxylation is 2. The maximum absolute atomic E-state index is 10.5. The van der Waals surface area contributed by atoms with E-state index in [0.29, 0.717) is 0 Å². The van der Waals surface area contributed by atoms with Gasteiger partial charge in [-0.05, 0) is 56.0 Å². The SMILES string of the molecule is CCC(C)(OC)C(O)c1cc(C)c(OC)cc1C. The summed E-state index contributed by atoms with van der Waals surface area (Å²) >= 11 is 0. The molecule has 0 aliphatic carbocycles. The molecular weight excluding hydrogens is 228 g/mol. The summed E-state index contributed by atoms with van der Waals surface area (Å²) in [7, 11) is 3.29. The summed E-state index contributed by atoms with van der Waals surface area (Å²) in [5.41, 5.74) is 2.37. The van der Waals surface area contributed by atoms with Crippen LogP contribution in [-0.4, -0.2) is 24.9 Å². The maximum atomic E-state index is 10.5. The smallest absolute Gasteiger partial charge is 0.122 e. The average molecular weight is 252 g/mol. The van der Waals surface area contributed by atoms with E-state index in [1.807, 2.05) is 39.8 Å². The Morgan fingerprint density at radius 1 is 1.22 bits per heavy atom. The molecule has 1 aromatic rings.